The van der Waals surface area contributed by atoms with E-state index < -0.39 is 6.09 Å². The zero-order valence-corrected chi connectivity index (χ0v) is 10.2. The SMILES string of the molecule is NC1C2CCCC2N(C(=O)O)C1c1ccccc1. The van der Waals surface area contributed by atoms with Crippen molar-refractivity contribution in [3.63, 3.8) is 0 Å². The molecule has 2 fully saturated rings. The monoisotopic (exact) mass is 246 g/mol. The standard InChI is InChI=1S/C14H18N2O2/c15-12-10-7-4-8-11(10)16(14(17)18)13(12)9-5-2-1-3-6-9/h1-3,5-6,10-13H,4,7-8,15H2,(H,17,18). The highest BCUT2D eigenvalue weighted by atomic mass is 16.4. The van der Waals surface area contributed by atoms with Crippen molar-refractivity contribution in [1.82, 2.24) is 4.90 Å². The normalized spacial score (nSPS) is 34.6. The van der Waals surface area contributed by atoms with Crippen LogP contribution in [0, 0.1) is 5.92 Å². The lowest BCUT2D eigenvalue weighted by atomic mass is 9.93. The molecule has 4 heteroatoms. The Balaban J connectivity index is 1.99. The molecule has 96 valence electrons. The molecular weight excluding hydrogens is 228 g/mol. The predicted molar refractivity (Wildman–Crippen MR) is 68.2 cm³/mol. The number of rotatable bonds is 1. The molecule has 18 heavy (non-hydrogen) atoms. The lowest BCUT2D eigenvalue weighted by Gasteiger charge is -2.28. The average Bonchev–Trinajstić information content (AvgIpc) is 2.92. The van der Waals surface area contributed by atoms with Crippen molar-refractivity contribution in [1.29, 1.82) is 0 Å². The zero-order valence-electron chi connectivity index (χ0n) is 10.2. The van der Waals surface area contributed by atoms with Gasteiger partial charge in [0.1, 0.15) is 0 Å². The Hall–Kier alpha value is -1.55. The Kier molecular flexibility index (Phi) is 2.74. The maximum absolute atomic E-state index is 11.5. The van der Waals surface area contributed by atoms with Crippen molar-refractivity contribution >= 4 is 6.09 Å². The lowest BCUT2D eigenvalue weighted by Crippen LogP contribution is -2.38. The number of hydrogen-bond donors (Lipinski definition) is 2. The summed E-state index contributed by atoms with van der Waals surface area (Å²) in [6, 6.07) is 9.63. The van der Waals surface area contributed by atoms with Crippen LogP contribution in [0.3, 0.4) is 0 Å². The first-order chi connectivity index (χ1) is 8.70. The van der Waals surface area contributed by atoms with Crippen molar-refractivity contribution in [2.75, 3.05) is 0 Å². The summed E-state index contributed by atoms with van der Waals surface area (Å²) >= 11 is 0. The van der Waals surface area contributed by atoms with Crippen LogP contribution in [-0.2, 0) is 0 Å². The first-order valence-electron chi connectivity index (χ1n) is 6.52. The fourth-order valence-electron chi connectivity index (χ4n) is 3.68. The lowest BCUT2D eigenvalue weighted by molar-refractivity contribution is 0.119. The van der Waals surface area contributed by atoms with E-state index in [0.717, 1.165) is 24.8 Å². The van der Waals surface area contributed by atoms with Gasteiger partial charge < -0.3 is 10.8 Å². The van der Waals surface area contributed by atoms with Gasteiger partial charge >= 0.3 is 6.09 Å². The second-order valence-corrected chi connectivity index (χ2v) is 5.28. The van der Waals surface area contributed by atoms with Crippen LogP contribution >= 0.6 is 0 Å². The summed E-state index contributed by atoms with van der Waals surface area (Å²) in [6.45, 7) is 0. The van der Waals surface area contributed by atoms with Crippen molar-refractivity contribution in [3.8, 4) is 0 Å². The summed E-state index contributed by atoms with van der Waals surface area (Å²) in [5, 5.41) is 9.48. The number of nitrogens with two attached hydrogens (primary N) is 1. The number of amides is 1. The number of carboxylic acid groups (broad SMARTS) is 1. The molecule has 0 aromatic heterocycles. The van der Waals surface area contributed by atoms with Crippen molar-refractivity contribution in [3.05, 3.63) is 35.9 Å². The molecule has 3 rings (SSSR count). The molecule has 0 spiro atoms. The van der Waals surface area contributed by atoms with Crippen molar-refractivity contribution < 1.29 is 9.90 Å². The fraction of sp³-hybridized carbons (Fsp3) is 0.500. The van der Waals surface area contributed by atoms with Crippen LogP contribution in [0.15, 0.2) is 30.3 Å². The minimum absolute atomic E-state index is 0.0731. The molecule has 1 aliphatic carbocycles. The predicted octanol–water partition coefficient (Wildman–Crippen LogP) is 2.22. The molecule has 4 atom stereocenters. The number of nitrogens with zero attached hydrogens (tertiary/aromatic N) is 1. The van der Waals surface area contributed by atoms with Crippen molar-refractivity contribution in [2.45, 2.75) is 37.4 Å². The van der Waals surface area contributed by atoms with E-state index in [1.54, 1.807) is 4.90 Å². The highest BCUT2D eigenvalue weighted by Crippen LogP contribution is 2.46. The topological polar surface area (TPSA) is 66.6 Å². The molecule has 0 radical (unpaired) electrons. The summed E-state index contributed by atoms with van der Waals surface area (Å²) in [4.78, 5) is 13.1. The van der Waals surface area contributed by atoms with E-state index in [4.69, 9.17) is 5.73 Å². The van der Waals surface area contributed by atoms with Crippen LogP contribution in [0.5, 0.6) is 0 Å². The van der Waals surface area contributed by atoms with Gasteiger partial charge in [-0.15, -0.1) is 0 Å². The maximum Gasteiger partial charge on any atom is 0.408 e. The molecule has 1 aliphatic heterocycles. The van der Waals surface area contributed by atoms with Crippen LogP contribution in [-0.4, -0.2) is 28.2 Å². The van der Waals surface area contributed by atoms with Gasteiger partial charge in [-0.05, 0) is 24.3 Å². The maximum atomic E-state index is 11.5. The Morgan fingerprint density at radius 2 is 2.00 bits per heavy atom. The molecule has 0 bridgehead atoms. The van der Waals surface area contributed by atoms with Gasteiger partial charge in [0, 0.05) is 12.1 Å². The summed E-state index contributed by atoms with van der Waals surface area (Å²) in [5.41, 5.74) is 7.33. The van der Waals surface area contributed by atoms with E-state index in [9.17, 15) is 9.90 Å². The van der Waals surface area contributed by atoms with Crippen molar-refractivity contribution in [2.24, 2.45) is 11.7 Å². The second-order valence-electron chi connectivity index (χ2n) is 5.28. The summed E-state index contributed by atoms with van der Waals surface area (Å²) in [6.07, 6.45) is 2.26. The highest BCUT2D eigenvalue weighted by Gasteiger charge is 2.51. The van der Waals surface area contributed by atoms with Crippen LogP contribution in [0.4, 0.5) is 4.79 Å². The van der Waals surface area contributed by atoms with Crippen LogP contribution < -0.4 is 5.73 Å². The summed E-state index contributed by atoms with van der Waals surface area (Å²) < 4.78 is 0. The third kappa shape index (κ3) is 1.60. The molecular formula is C14H18N2O2. The number of likely N-dealkylation sites (tertiary alicyclic amines) is 1. The number of carbonyl (C=O) groups is 1. The van der Waals surface area contributed by atoms with E-state index in [-0.39, 0.29) is 18.1 Å². The van der Waals surface area contributed by atoms with Gasteiger partial charge in [0.05, 0.1) is 6.04 Å². The van der Waals surface area contributed by atoms with Gasteiger partial charge in [-0.1, -0.05) is 36.8 Å². The molecule has 3 N–H and O–H groups in total. The molecule has 1 amide bonds. The van der Waals surface area contributed by atoms with Gasteiger partial charge in [0.15, 0.2) is 0 Å². The Morgan fingerprint density at radius 1 is 1.28 bits per heavy atom. The summed E-state index contributed by atoms with van der Waals surface area (Å²) in [7, 11) is 0. The average molecular weight is 246 g/mol. The van der Waals surface area contributed by atoms with E-state index >= 15 is 0 Å². The third-order valence-corrected chi connectivity index (χ3v) is 4.41. The fourth-order valence-corrected chi connectivity index (χ4v) is 3.68. The number of benzene rings is 1. The first-order valence-corrected chi connectivity index (χ1v) is 6.52. The summed E-state index contributed by atoms with van der Waals surface area (Å²) in [5.74, 6) is 0.325. The van der Waals surface area contributed by atoms with E-state index in [1.165, 1.54) is 0 Å². The number of fused-ring (bicyclic) bond motifs is 1. The van der Waals surface area contributed by atoms with E-state index in [0.29, 0.717) is 5.92 Å². The minimum atomic E-state index is -0.839. The highest BCUT2D eigenvalue weighted by molar-refractivity contribution is 5.67. The molecule has 1 aromatic carbocycles. The number of hydrogen-bond acceptors (Lipinski definition) is 2. The largest absolute Gasteiger partial charge is 0.465 e. The molecule has 1 aromatic rings. The third-order valence-electron chi connectivity index (χ3n) is 4.41. The minimum Gasteiger partial charge on any atom is -0.465 e. The molecule has 4 nitrogen and oxygen atoms in total. The van der Waals surface area contributed by atoms with Crippen LogP contribution in [0.25, 0.3) is 0 Å². The van der Waals surface area contributed by atoms with Gasteiger partial charge in [0.2, 0.25) is 0 Å². The van der Waals surface area contributed by atoms with Crippen LogP contribution in [0.2, 0.25) is 0 Å². The quantitative estimate of drug-likeness (QED) is 0.798. The molecule has 4 unspecified atom stereocenters. The first kappa shape index (κ1) is 11.5. The van der Waals surface area contributed by atoms with Gasteiger partial charge in [-0.3, -0.25) is 4.90 Å². The van der Waals surface area contributed by atoms with Gasteiger partial charge in [-0.25, -0.2) is 4.79 Å². The Labute approximate surface area is 106 Å². The smallest absolute Gasteiger partial charge is 0.408 e. The molecule has 1 saturated carbocycles. The van der Waals surface area contributed by atoms with E-state index in [2.05, 4.69) is 0 Å². The van der Waals surface area contributed by atoms with Gasteiger partial charge in [-0.2, -0.15) is 0 Å². The Bertz CT molecular complexity index is 448. The molecule has 1 saturated heterocycles. The van der Waals surface area contributed by atoms with Gasteiger partial charge in [0.25, 0.3) is 0 Å². The zero-order chi connectivity index (χ0) is 12.7. The molecule has 2 aliphatic rings. The molecule has 1 heterocycles. The Morgan fingerprint density at radius 3 is 2.67 bits per heavy atom. The van der Waals surface area contributed by atoms with E-state index in [1.807, 2.05) is 30.3 Å². The van der Waals surface area contributed by atoms with Crippen LogP contribution in [0.1, 0.15) is 30.9 Å². The second kappa shape index (κ2) is 4.28.